The zero-order chi connectivity index (χ0) is 27.7. The standard InChI is InChI=1S/C29H34BrN3O4S/c1-4-17-31-29(35)27(19-23-12-6-5-7-13-23)32(20-24-14-10-11-22(2)18-24)28(34)21-33(38(3,36)37)26-16-9-8-15-25(26)30/h5-16,18,27H,4,17,19-21H2,1-3H3,(H,31,35)/t27-/m1/s1. The maximum Gasteiger partial charge on any atom is 0.244 e. The molecule has 2 amide bonds. The normalized spacial score (nSPS) is 12.0. The Hall–Kier alpha value is -3.17. The molecule has 0 spiro atoms. The summed E-state index contributed by atoms with van der Waals surface area (Å²) in [4.78, 5) is 29.0. The molecule has 0 aliphatic carbocycles. The summed E-state index contributed by atoms with van der Waals surface area (Å²) in [5, 5.41) is 2.94. The number of carbonyl (C=O) groups is 2. The molecule has 0 saturated carbocycles. The van der Waals surface area contributed by atoms with E-state index in [4.69, 9.17) is 0 Å². The number of nitrogens with one attached hydrogen (secondary N) is 1. The number of para-hydroxylation sites is 1. The molecule has 3 aromatic carbocycles. The van der Waals surface area contributed by atoms with Crippen molar-refractivity contribution < 1.29 is 18.0 Å². The molecule has 0 heterocycles. The average Bonchev–Trinajstić information content (AvgIpc) is 2.88. The molecule has 1 atom stereocenters. The van der Waals surface area contributed by atoms with Gasteiger partial charge in [0.25, 0.3) is 0 Å². The van der Waals surface area contributed by atoms with E-state index in [-0.39, 0.29) is 12.5 Å². The predicted octanol–water partition coefficient (Wildman–Crippen LogP) is 4.69. The van der Waals surface area contributed by atoms with E-state index in [1.54, 1.807) is 24.3 Å². The fourth-order valence-corrected chi connectivity index (χ4v) is 5.65. The molecular formula is C29H34BrN3O4S. The maximum absolute atomic E-state index is 14.0. The number of anilines is 1. The summed E-state index contributed by atoms with van der Waals surface area (Å²) in [6.07, 6.45) is 2.11. The van der Waals surface area contributed by atoms with Gasteiger partial charge < -0.3 is 10.2 Å². The van der Waals surface area contributed by atoms with Crippen molar-refractivity contribution in [1.29, 1.82) is 0 Å². The van der Waals surface area contributed by atoms with Gasteiger partial charge in [0, 0.05) is 24.0 Å². The number of carbonyl (C=O) groups excluding carboxylic acids is 2. The first kappa shape index (κ1) is 29.4. The molecule has 7 nitrogen and oxygen atoms in total. The molecule has 9 heteroatoms. The first-order valence-corrected chi connectivity index (χ1v) is 15.1. The fourth-order valence-electron chi connectivity index (χ4n) is 4.18. The van der Waals surface area contributed by atoms with Crippen LogP contribution < -0.4 is 9.62 Å². The summed E-state index contributed by atoms with van der Waals surface area (Å²) in [5.74, 6) is -0.747. The number of halogens is 1. The molecule has 0 saturated heterocycles. The van der Waals surface area contributed by atoms with Crippen LogP contribution in [0.25, 0.3) is 0 Å². The van der Waals surface area contributed by atoms with Crippen molar-refractivity contribution in [2.45, 2.75) is 39.3 Å². The highest BCUT2D eigenvalue weighted by atomic mass is 79.9. The Balaban J connectivity index is 2.05. The lowest BCUT2D eigenvalue weighted by Gasteiger charge is -2.33. The largest absolute Gasteiger partial charge is 0.354 e. The molecule has 0 radical (unpaired) electrons. The van der Waals surface area contributed by atoms with Gasteiger partial charge in [0.2, 0.25) is 21.8 Å². The van der Waals surface area contributed by atoms with Crippen LogP contribution in [0.2, 0.25) is 0 Å². The Morgan fingerprint density at radius 3 is 2.24 bits per heavy atom. The summed E-state index contributed by atoms with van der Waals surface area (Å²) in [6, 6.07) is 23.2. The molecule has 0 unspecified atom stereocenters. The first-order valence-electron chi connectivity index (χ1n) is 12.5. The number of benzene rings is 3. The van der Waals surface area contributed by atoms with Crippen LogP contribution in [0.15, 0.2) is 83.3 Å². The van der Waals surface area contributed by atoms with Crippen molar-refractivity contribution in [3.8, 4) is 0 Å². The zero-order valence-electron chi connectivity index (χ0n) is 21.9. The molecule has 1 N–H and O–H groups in total. The summed E-state index contributed by atoms with van der Waals surface area (Å²) < 4.78 is 27.3. The highest BCUT2D eigenvalue weighted by Gasteiger charge is 2.33. The minimum Gasteiger partial charge on any atom is -0.354 e. The van der Waals surface area contributed by atoms with Crippen LogP contribution in [0, 0.1) is 6.92 Å². The van der Waals surface area contributed by atoms with Crippen LogP contribution in [0.5, 0.6) is 0 Å². The monoisotopic (exact) mass is 599 g/mol. The minimum atomic E-state index is -3.81. The van der Waals surface area contributed by atoms with Gasteiger partial charge in [-0.1, -0.05) is 79.2 Å². The van der Waals surface area contributed by atoms with Gasteiger partial charge in [-0.15, -0.1) is 0 Å². The van der Waals surface area contributed by atoms with Crippen LogP contribution in [0.3, 0.4) is 0 Å². The summed E-state index contributed by atoms with van der Waals surface area (Å²) in [6.45, 7) is 4.11. The van der Waals surface area contributed by atoms with E-state index >= 15 is 0 Å². The predicted molar refractivity (Wildman–Crippen MR) is 155 cm³/mol. The third-order valence-electron chi connectivity index (χ3n) is 6.06. The zero-order valence-corrected chi connectivity index (χ0v) is 24.3. The highest BCUT2D eigenvalue weighted by molar-refractivity contribution is 9.10. The van der Waals surface area contributed by atoms with Crippen LogP contribution in [-0.4, -0.2) is 50.5 Å². The lowest BCUT2D eigenvalue weighted by molar-refractivity contribution is -0.140. The number of nitrogens with zero attached hydrogens (tertiary/aromatic N) is 2. The Kier molecular flexibility index (Phi) is 10.5. The van der Waals surface area contributed by atoms with E-state index in [2.05, 4.69) is 21.2 Å². The number of sulfonamides is 1. The minimum absolute atomic E-state index is 0.158. The topological polar surface area (TPSA) is 86.8 Å². The summed E-state index contributed by atoms with van der Waals surface area (Å²) in [7, 11) is -3.81. The summed E-state index contributed by atoms with van der Waals surface area (Å²) in [5.41, 5.74) is 3.13. The molecule has 0 aliphatic heterocycles. The smallest absolute Gasteiger partial charge is 0.244 e. The van der Waals surface area contributed by atoms with Gasteiger partial charge in [-0.05, 0) is 52.5 Å². The van der Waals surface area contributed by atoms with Crippen LogP contribution in [0.4, 0.5) is 5.69 Å². The molecular weight excluding hydrogens is 566 g/mol. The number of amides is 2. The molecule has 0 aromatic heterocycles. The Morgan fingerprint density at radius 1 is 0.947 bits per heavy atom. The maximum atomic E-state index is 14.0. The van der Waals surface area contributed by atoms with Crippen LogP contribution in [-0.2, 0) is 32.6 Å². The van der Waals surface area contributed by atoms with E-state index in [9.17, 15) is 18.0 Å². The fraction of sp³-hybridized carbons (Fsp3) is 0.310. The van der Waals surface area contributed by atoms with Gasteiger partial charge in [0.05, 0.1) is 11.9 Å². The van der Waals surface area contributed by atoms with E-state index < -0.39 is 28.5 Å². The second kappa shape index (κ2) is 13.6. The van der Waals surface area contributed by atoms with Crippen molar-refractivity contribution in [3.63, 3.8) is 0 Å². The van der Waals surface area contributed by atoms with Gasteiger partial charge >= 0.3 is 0 Å². The van der Waals surface area contributed by atoms with E-state index in [0.29, 0.717) is 23.1 Å². The van der Waals surface area contributed by atoms with Crippen molar-refractivity contribution in [1.82, 2.24) is 10.2 Å². The second-order valence-electron chi connectivity index (χ2n) is 9.23. The van der Waals surface area contributed by atoms with E-state index in [1.165, 1.54) is 4.90 Å². The number of hydrogen-bond donors (Lipinski definition) is 1. The van der Waals surface area contributed by atoms with Crippen molar-refractivity contribution >= 4 is 43.5 Å². The lowest BCUT2D eigenvalue weighted by atomic mass is 10.0. The number of rotatable bonds is 12. The van der Waals surface area contributed by atoms with Crippen molar-refractivity contribution in [2.24, 2.45) is 0 Å². The molecule has 0 bridgehead atoms. The molecule has 3 aromatic rings. The lowest BCUT2D eigenvalue weighted by Crippen LogP contribution is -2.53. The van der Waals surface area contributed by atoms with Crippen molar-refractivity contribution in [3.05, 3.63) is 100 Å². The first-order chi connectivity index (χ1) is 18.1. The second-order valence-corrected chi connectivity index (χ2v) is 12.0. The molecule has 0 aliphatic rings. The molecule has 0 fully saturated rings. The molecule has 202 valence electrons. The van der Waals surface area contributed by atoms with Crippen LogP contribution >= 0.6 is 15.9 Å². The Morgan fingerprint density at radius 2 is 1.61 bits per heavy atom. The van der Waals surface area contributed by atoms with Gasteiger partial charge in [-0.3, -0.25) is 13.9 Å². The van der Waals surface area contributed by atoms with Crippen LogP contribution in [0.1, 0.15) is 30.0 Å². The van der Waals surface area contributed by atoms with Gasteiger partial charge in [-0.2, -0.15) is 0 Å². The molecule has 38 heavy (non-hydrogen) atoms. The SMILES string of the molecule is CCCNC(=O)[C@@H](Cc1ccccc1)N(Cc1cccc(C)c1)C(=O)CN(c1ccccc1Br)S(C)(=O)=O. The Bertz CT molecular complexity index is 1350. The van der Waals surface area contributed by atoms with E-state index in [0.717, 1.165) is 33.7 Å². The third-order valence-corrected chi connectivity index (χ3v) is 7.85. The van der Waals surface area contributed by atoms with Gasteiger partial charge in [0.1, 0.15) is 12.6 Å². The highest BCUT2D eigenvalue weighted by Crippen LogP contribution is 2.28. The summed E-state index contributed by atoms with van der Waals surface area (Å²) >= 11 is 3.41. The van der Waals surface area contributed by atoms with Gasteiger partial charge in [0.15, 0.2) is 0 Å². The van der Waals surface area contributed by atoms with E-state index in [1.807, 2.05) is 68.4 Å². The van der Waals surface area contributed by atoms with Gasteiger partial charge in [-0.25, -0.2) is 8.42 Å². The third kappa shape index (κ3) is 8.16. The quantitative estimate of drug-likeness (QED) is 0.327. The number of hydrogen-bond acceptors (Lipinski definition) is 4. The number of aryl methyl sites for hydroxylation is 1. The molecule has 3 rings (SSSR count). The Labute approximate surface area is 234 Å². The van der Waals surface area contributed by atoms with Crippen molar-refractivity contribution in [2.75, 3.05) is 23.7 Å². The average molecular weight is 601 g/mol.